The van der Waals surface area contributed by atoms with Gasteiger partial charge in [0.15, 0.2) is 0 Å². The topological polar surface area (TPSA) is 89.0 Å². The number of hydrogen-bond donors (Lipinski definition) is 2. The summed E-state index contributed by atoms with van der Waals surface area (Å²) in [6.07, 6.45) is 4.78. The highest BCUT2D eigenvalue weighted by Crippen LogP contribution is 2.27. The van der Waals surface area contributed by atoms with Gasteiger partial charge in [0.2, 0.25) is 0 Å². The SMILES string of the molecule is CC(C)Oc1ccccc1Nc1cc(C(=O)NCc2ccncc2)ncn1. The fourth-order valence-electron chi connectivity index (χ4n) is 2.39. The molecule has 7 heteroatoms. The number of hydrogen-bond acceptors (Lipinski definition) is 6. The van der Waals surface area contributed by atoms with E-state index < -0.39 is 0 Å². The van der Waals surface area contributed by atoms with Crippen molar-refractivity contribution < 1.29 is 9.53 Å². The number of ether oxygens (including phenoxy) is 1. The maximum Gasteiger partial charge on any atom is 0.270 e. The van der Waals surface area contributed by atoms with Gasteiger partial charge in [-0.25, -0.2) is 9.97 Å². The minimum Gasteiger partial charge on any atom is -0.489 e. The molecule has 0 aliphatic rings. The van der Waals surface area contributed by atoms with E-state index in [1.54, 1.807) is 18.5 Å². The van der Waals surface area contributed by atoms with E-state index in [1.807, 2.05) is 50.2 Å². The fourth-order valence-corrected chi connectivity index (χ4v) is 2.39. The van der Waals surface area contributed by atoms with Crippen molar-refractivity contribution >= 4 is 17.4 Å². The number of benzene rings is 1. The average molecular weight is 363 g/mol. The highest BCUT2D eigenvalue weighted by atomic mass is 16.5. The molecule has 0 atom stereocenters. The Bertz CT molecular complexity index is 900. The third kappa shape index (κ3) is 5.24. The van der Waals surface area contributed by atoms with Gasteiger partial charge in [0.05, 0.1) is 11.8 Å². The molecule has 0 fully saturated rings. The normalized spacial score (nSPS) is 10.5. The summed E-state index contributed by atoms with van der Waals surface area (Å²) in [5, 5.41) is 6.02. The molecule has 0 aliphatic heterocycles. The van der Waals surface area contributed by atoms with E-state index in [2.05, 4.69) is 25.6 Å². The fraction of sp³-hybridized carbons (Fsp3) is 0.200. The number of amides is 1. The molecule has 2 aromatic heterocycles. The van der Waals surface area contributed by atoms with Gasteiger partial charge in [-0.1, -0.05) is 12.1 Å². The summed E-state index contributed by atoms with van der Waals surface area (Å²) in [6, 6.07) is 12.9. The Hall–Kier alpha value is -3.48. The number of para-hydroxylation sites is 2. The monoisotopic (exact) mass is 363 g/mol. The summed E-state index contributed by atoms with van der Waals surface area (Å²) in [5.41, 5.74) is 2.02. The zero-order valence-electron chi connectivity index (χ0n) is 15.2. The van der Waals surface area contributed by atoms with Crippen molar-refractivity contribution in [3.63, 3.8) is 0 Å². The van der Waals surface area contributed by atoms with E-state index in [4.69, 9.17) is 4.74 Å². The predicted octanol–water partition coefficient (Wildman–Crippen LogP) is 3.33. The van der Waals surface area contributed by atoms with Crippen LogP contribution < -0.4 is 15.4 Å². The highest BCUT2D eigenvalue weighted by molar-refractivity contribution is 5.93. The van der Waals surface area contributed by atoms with Crippen LogP contribution in [0.5, 0.6) is 5.75 Å². The van der Waals surface area contributed by atoms with Gasteiger partial charge >= 0.3 is 0 Å². The van der Waals surface area contributed by atoms with Crippen LogP contribution in [0.2, 0.25) is 0 Å². The van der Waals surface area contributed by atoms with Crippen LogP contribution in [0, 0.1) is 0 Å². The molecule has 0 bridgehead atoms. The van der Waals surface area contributed by atoms with Crippen LogP contribution in [0.25, 0.3) is 0 Å². The number of carbonyl (C=O) groups excluding carboxylic acids is 1. The molecule has 0 saturated heterocycles. The Morgan fingerprint density at radius 2 is 1.89 bits per heavy atom. The molecule has 0 saturated carbocycles. The molecule has 2 heterocycles. The average Bonchev–Trinajstić information content (AvgIpc) is 2.68. The van der Waals surface area contributed by atoms with Gasteiger partial charge in [-0.05, 0) is 43.7 Å². The van der Waals surface area contributed by atoms with Crippen molar-refractivity contribution in [1.29, 1.82) is 0 Å². The number of aromatic nitrogens is 3. The highest BCUT2D eigenvalue weighted by Gasteiger charge is 2.10. The van der Waals surface area contributed by atoms with Gasteiger partial charge in [0, 0.05) is 25.0 Å². The van der Waals surface area contributed by atoms with Crippen LogP contribution in [0.15, 0.2) is 61.2 Å². The number of carbonyl (C=O) groups is 1. The zero-order valence-corrected chi connectivity index (χ0v) is 15.2. The maximum absolute atomic E-state index is 12.4. The minimum absolute atomic E-state index is 0.0490. The van der Waals surface area contributed by atoms with Gasteiger partial charge in [-0.2, -0.15) is 0 Å². The molecule has 3 rings (SSSR count). The lowest BCUT2D eigenvalue weighted by atomic mass is 10.2. The van der Waals surface area contributed by atoms with Crippen molar-refractivity contribution in [3.05, 3.63) is 72.4 Å². The Balaban J connectivity index is 1.69. The minimum atomic E-state index is -0.274. The first-order chi connectivity index (χ1) is 13.1. The summed E-state index contributed by atoms with van der Waals surface area (Å²) in [7, 11) is 0. The van der Waals surface area contributed by atoms with Crippen molar-refractivity contribution in [1.82, 2.24) is 20.3 Å². The molecule has 2 N–H and O–H groups in total. The summed E-state index contributed by atoms with van der Waals surface area (Å²) >= 11 is 0. The van der Waals surface area contributed by atoms with E-state index in [0.29, 0.717) is 12.4 Å². The number of rotatable bonds is 7. The Kier molecular flexibility index (Phi) is 5.94. The molecule has 138 valence electrons. The second-order valence-corrected chi connectivity index (χ2v) is 6.11. The van der Waals surface area contributed by atoms with Crippen molar-refractivity contribution in [3.8, 4) is 5.75 Å². The molecule has 1 aromatic carbocycles. The third-order valence-electron chi connectivity index (χ3n) is 3.61. The van der Waals surface area contributed by atoms with Gasteiger partial charge in [0.25, 0.3) is 5.91 Å². The summed E-state index contributed by atoms with van der Waals surface area (Å²) in [4.78, 5) is 24.6. The number of nitrogens with one attached hydrogen (secondary N) is 2. The summed E-state index contributed by atoms with van der Waals surface area (Å²) in [6.45, 7) is 4.33. The molecule has 0 aliphatic carbocycles. The van der Waals surface area contributed by atoms with Crippen molar-refractivity contribution in [2.24, 2.45) is 0 Å². The van der Waals surface area contributed by atoms with Crippen LogP contribution in [0.4, 0.5) is 11.5 Å². The molecular formula is C20H21N5O2. The van der Waals surface area contributed by atoms with E-state index in [9.17, 15) is 4.79 Å². The molecule has 0 spiro atoms. The lowest BCUT2D eigenvalue weighted by Crippen LogP contribution is -2.24. The van der Waals surface area contributed by atoms with E-state index in [0.717, 1.165) is 17.0 Å². The maximum atomic E-state index is 12.4. The Morgan fingerprint density at radius 1 is 1.11 bits per heavy atom. The van der Waals surface area contributed by atoms with Gasteiger partial charge in [0.1, 0.15) is 23.6 Å². The summed E-state index contributed by atoms with van der Waals surface area (Å²) in [5.74, 6) is 0.956. The molecule has 0 radical (unpaired) electrons. The van der Waals surface area contributed by atoms with Crippen LogP contribution in [-0.2, 0) is 6.54 Å². The number of pyridine rings is 1. The molecule has 1 amide bonds. The smallest absolute Gasteiger partial charge is 0.270 e. The van der Waals surface area contributed by atoms with E-state index in [1.165, 1.54) is 6.33 Å². The standard InChI is InChI=1S/C20H21N5O2/c1-14(2)27-18-6-4-3-5-16(18)25-19-11-17(23-13-24-19)20(26)22-12-15-7-9-21-10-8-15/h3-11,13-14H,12H2,1-2H3,(H,22,26)(H,23,24,25). The van der Waals surface area contributed by atoms with Crippen molar-refractivity contribution in [2.75, 3.05) is 5.32 Å². The van der Waals surface area contributed by atoms with Gasteiger partial charge in [-0.3, -0.25) is 9.78 Å². The van der Waals surface area contributed by atoms with Crippen molar-refractivity contribution in [2.45, 2.75) is 26.5 Å². The third-order valence-corrected chi connectivity index (χ3v) is 3.61. The van der Waals surface area contributed by atoms with E-state index >= 15 is 0 Å². The van der Waals surface area contributed by atoms with Crippen LogP contribution in [-0.4, -0.2) is 27.0 Å². The second kappa shape index (κ2) is 8.75. The molecule has 3 aromatic rings. The van der Waals surface area contributed by atoms with Crippen LogP contribution in [0.1, 0.15) is 29.9 Å². The Morgan fingerprint density at radius 3 is 2.67 bits per heavy atom. The van der Waals surface area contributed by atoms with Crippen LogP contribution in [0.3, 0.4) is 0 Å². The van der Waals surface area contributed by atoms with E-state index in [-0.39, 0.29) is 17.7 Å². The largest absolute Gasteiger partial charge is 0.489 e. The molecule has 0 unspecified atom stereocenters. The zero-order chi connectivity index (χ0) is 19.1. The molecule has 27 heavy (non-hydrogen) atoms. The van der Waals surface area contributed by atoms with Crippen LogP contribution >= 0.6 is 0 Å². The molecular weight excluding hydrogens is 342 g/mol. The Labute approximate surface area is 157 Å². The molecule has 7 nitrogen and oxygen atoms in total. The number of nitrogens with zero attached hydrogens (tertiary/aromatic N) is 3. The first kappa shape index (κ1) is 18.3. The second-order valence-electron chi connectivity index (χ2n) is 6.11. The van der Waals surface area contributed by atoms with Gasteiger partial charge in [-0.15, -0.1) is 0 Å². The summed E-state index contributed by atoms with van der Waals surface area (Å²) < 4.78 is 5.79. The first-order valence-electron chi connectivity index (χ1n) is 8.63. The lowest BCUT2D eigenvalue weighted by Gasteiger charge is -2.15. The quantitative estimate of drug-likeness (QED) is 0.669. The first-order valence-corrected chi connectivity index (χ1v) is 8.63. The predicted molar refractivity (Wildman–Crippen MR) is 103 cm³/mol. The lowest BCUT2D eigenvalue weighted by molar-refractivity contribution is 0.0946. The van der Waals surface area contributed by atoms with Gasteiger partial charge < -0.3 is 15.4 Å². The number of anilines is 2.